The van der Waals surface area contributed by atoms with Crippen molar-refractivity contribution in [2.24, 2.45) is 5.92 Å². The van der Waals surface area contributed by atoms with Crippen molar-refractivity contribution < 1.29 is 18.8 Å². The first-order valence-electron chi connectivity index (χ1n) is 22.7. The van der Waals surface area contributed by atoms with Gasteiger partial charge in [0.25, 0.3) is 5.91 Å². The zero-order valence-corrected chi connectivity index (χ0v) is 37.4. The number of piperazine rings is 1. The summed E-state index contributed by atoms with van der Waals surface area (Å²) in [4.78, 5) is 54.8. The second kappa shape index (κ2) is 21.1. The normalized spacial score (nSPS) is 18.2. The number of nitrogens with one attached hydrogen (secondary N) is 2. The average molecular weight is 858 g/mol. The molecule has 3 fully saturated rings. The number of amides is 2. The fourth-order valence-electron chi connectivity index (χ4n) is 9.50. The van der Waals surface area contributed by atoms with Crippen LogP contribution in [0, 0.1) is 18.7 Å². The van der Waals surface area contributed by atoms with Crippen molar-refractivity contribution in [3.05, 3.63) is 107 Å². The van der Waals surface area contributed by atoms with E-state index >= 15 is 4.39 Å². The van der Waals surface area contributed by atoms with Crippen LogP contribution in [0.3, 0.4) is 0 Å². The Balaban J connectivity index is 0.838. The van der Waals surface area contributed by atoms with Crippen molar-refractivity contribution in [2.75, 3.05) is 81.9 Å². The Morgan fingerprint density at radius 3 is 2.30 bits per heavy atom. The summed E-state index contributed by atoms with van der Waals surface area (Å²) in [5.41, 5.74) is 14.5. The first-order chi connectivity index (χ1) is 30.5. The number of aryl methyl sites for hydroxylation is 1. The fourth-order valence-corrected chi connectivity index (χ4v) is 9.50. The molecule has 2 aromatic heterocycles. The van der Waals surface area contributed by atoms with Crippen LogP contribution in [-0.2, 0) is 9.59 Å². The summed E-state index contributed by atoms with van der Waals surface area (Å²) >= 11 is 0. The monoisotopic (exact) mass is 858 g/mol. The molecule has 4 aromatic rings. The number of rotatable bonds is 15. The SMILES string of the molecule is CNC(=O)C(CCC=O)Nc1ccc(N2CCN(CC3CCN(C(=O)c4ccc(C5CCN(C(C)/C(C)=C/c6c(-c7ccc(N)nc7)ccnc6C)CC5)cc4)CC3)CC2)c(F)c1. The van der Waals surface area contributed by atoms with E-state index in [1.54, 1.807) is 19.2 Å². The molecule has 5 heterocycles. The Morgan fingerprint density at radius 1 is 0.921 bits per heavy atom. The minimum absolute atomic E-state index is 0.118. The lowest BCUT2D eigenvalue weighted by molar-refractivity contribution is -0.121. The highest BCUT2D eigenvalue weighted by atomic mass is 19.1. The van der Waals surface area contributed by atoms with Crippen molar-refractivity contribution in [1.29, 1.82) is 0 Å². The molecule has 0 bridgehead atoms. The second-order valence-corrected chi connectivity index (χ2v) is 17.6. The Kier molecular flexibility index (Phi) is 15.2. The van der Waals surface area contributed by atoms with E-state index in [2.05, 4.69) is 74.3 Å². The van der Waals surface area contributed by atoms with Gasteiger partial charge in [0.05, 0.1) is 5.69 Å². The zero-order chi connectivity index (χ0) is 44.5. The number of hydrogen-bond acceptors (Lipinski definition) is 10. The first kappa shape index (κ1) is 45.4. The Morgan fingerprint density at radius 2 is 1.65 bits per heavy atom. The predicted octanol–water partition coefficient (Wildman–Crippen LogP) is 7.02. The summed E-state index contributed by atoms with van der Waals surface area (Å²) in [6.45, 7) is 14.3. The number of carbonyl (C=O) groups excluding carboxylic acids is 3. The highest BCUT2D eigenvalue weighted by Crippen LogP contribution is 2.33. The predicted molar refractivity (Wildman–Crippen MR) is 250 cm³/mol. The first-order valence-corrected chi connectivity index (χ1v) is 22.7. The topological polar surface area (TPSA) is 140 Å². The number of aldehydes is 1. The van der Waals surface area contributed by atoms with Crippen molar-refractivity contribution in [3.8, 4) is 11.1 Å². The van der Waals surface area contributed by atoms with Crippen molar-refractivity contribution in [1.82, 2.24) is 30.0 Å². The van der Waals surface area contributed by atoms with Gasteiger partial charge in [-0.15, -0.1) is 0 Å². The van der Waals surface area contributed by atoms with Gasteiger partial charge in [-0.05, 0) is 137 Å². The van der Waals surface area contributed by atoms with E-state index in [1.165, 1.54) is 17.2 Å². The molecule has 13 heteroatoms. The van der Waals surface area contributed by atoms with Gasteiger partial charge in [0.2, 0.25) is 5.91 Å². The number of benzene rings is 2. The van der Waals surface area contributed by atoms with Crippen LogP contribution < -0.4 is 21.3 Å². The van der Waals surface area contributed by atoms with Gasteiger partial charge in [0.15, 0.2) is 0 Å². The van der Waals surface area contributed by atoms with E-state index in [-0.39, 0.29) is 24.1 Å². The molecule has 334 valence electrons. The van der Waals surface area contributed by atoms with Gasteiger partial charge in [0.1, 0.15) is 24.0 Å². The molecule has 63 heavy (non-hydrogen) atoms. The number of nitrogens with zero attached hydrogens (tertiary/aromatic N) is 6. The number of carbonyl (C=O) groups is 3. The van der Waals surface area contributed by atoms with Crippen LogP contribution in [0.1, 0.15) is 85.5 Å². The van der Waals surface area contributed by atoms with Gasteiger partial charge in [-0.1, -0.05) is 23.8 Å². The maximum Gasteiger partial charge on any atom is 0.253 e. The largest absolute Gasteiger partial charge is 0.384 e. The molecule has 2 amide bonds. The van der Waals surface area contributed by atoms with Crippen LogP contribution in [-0.4, -0.2) is 121 Å². The molecule has 4 N–H and O–H groups in total. The molecule has 3 saturated heterocycles. The van der Waals surface area contributed by atoms with E-state index < -0.39 is 6.04 Å². The van der Waals surface area contributed by atoms with Gasteiger partial charge >= 0.3 is 0 Å². The summed E-state index contributed by atoms with van der Waals surface area (Å²) in [6.07, 6.45) is 11.4. The molecule has 2 unspecified atom stereocenters. The minimum atomic E-state index is -0.612. The summed E-state index contributed by atoms with van der Waals surface area (Å²) < 4.78 is 15.3. The number of halogens is 1. The minimum Gasteiger partial charge on any atom is -0.384 e. The fraction of sp³-hybridized carbons (Fsp3) is 0.460. The highest BCUT2D eigenvalue weighted by Gasteiger charge is 2.29. The molecule has 0 saturated carbocycles. The molecule has 2 aromatic carbocycles. The molecular weight excluding hydrogens is 794 g/mol. The summed E-state index contributed by atoms with van der Waals surface area (Å²) in [5.74, 6) is 1.05. The smallest absolute Gasteiger partial charge is 0.253 e. The van der Waals surface area contributed by atoms with Crippen LogP contribution in [0.4, 0.5) is 21.6 Å². The lowest BCUT2D eigenvalue weighted by Crippen LogP contribution is -2.49. The Labute approximate surface area is 372 Å². The zero-order valence-electron chi connectivity index (χ0n) is 37.4. The van der Waals surface area contributed by atoms with Crippen LogP contribution in [0.25, 0.3) is 17.2 Å². The van der Waals surface area contributed by atoms with Crippen LogP contribution in [0.15, 0.2) is 78.6 Å². The molecule has 7 rings (SSSR count). The van der Waals surface area contributed by atoms with Gasteiger partial charge in [-0.2, -0.15) is 0 Å². The Hall–Kier alpha value is -5.66. The lowest BCUT2D eigenvalue weighted by atomic mass is 9.87. The van der Waals surface area contributed by atoms with E-state index in [9.17, 15) is 14.4 Å². The van der Waals surface area contributed by atoms with Crippen LogP contribution in [0.2, 0.25) is 0 Å². The van der Waals surface area contributed by atoms with Crippen molar-refractivity contribution in [3.63, 3.8) is 0 Å². The number of nitrogens with two attached hydrogens (primary N) is 1. The molecule has 0 spiro atoms. The molecule has 2 atom stereocenters. The summed E-state index contributed by atoms with van der Waals surface area (Å²) in [6, 6.07) is 19.0. The number of likely N-dealkylation sites (N-methyl/N-ethyl adjacent to an activating group) is 1. The summed E-state index contributed by atoms with van der Waals surface area (Å²) in [5, 5.41) is 5.67. The standard InChI is InChI=1S/C50H64FN9O3/c1-34(30-44-35(2)54-20-15-43(44)41-11-14-48(52)55-32-41)36(3)58-23-18-39(19-24-58)38-7-9-40(10-8-38)50(63)60-21-16-37(17-22-60)33-57-25-27-59(28-26-57)47-13-12-42(31-45(47)51)56-46(6-5-29-61)49(62)53-4/h7-15,20,29-32,36-37,39,46,56H,5-6,16-19,21-28,33H2,1-4H3,(H2,52,55)(H,53,62)/b34-30+. The van der Waals surface area contributed by atoms with Crippen LogP contribution >= 0.6 is 0 Å². The van der Waals surface area contributed by atoms with Gasteiger partial charge in [0, 0.05) is 106 Å². The number of likely N-dealkylation sites (tertiary alicyclic amines) is 2. The number of hydrogen-bond donors (Lipinski definition) is 3. The van der Waals surface area contributed by atoms with Gasteiger partial charge < -0.3 is 31.0 Å². The second-order valence-electron chi connectivity index (χ2n) is 17.6. The van der Waals surface area contributed by atoms with E-state index in [0.29, 0.717) is 41.5 Å². The quantitative estimate of drug-likeness (QED) is 0.107. The number of anilines is 3. The van der Waals surface area contributed by atoms with Crippen LogP contribution in [0.5, 0.6) is 0 Å². The number of aromatic nitrogens is 2. The lowest BCUT2D eigenvalue weighted by Gasteiger charge is -2.39. The number of nitrogen functional groups attached to an aromatic ring is 1. The van der Waals surface area contributed by atoms with Crippen molar-refractivity contribution >= 4 is 41.4 Å². The van der Waals surface area contributed by atoms with E-state index in [1.807, 2.05) is 47.6 Å². The summed E-state index contributed by atoms with van der Waals surface area (Å²) in [7, 11) is 1.54. The van der Waals surface area contributed by atoms with E-state index in [0.717, 1.165) is 119 Å². The van der Waals surface area contributed by atoms with E-state index in [4.69, 9.17) is 5.73 Å². The van der Waals surface area contributed by atoms with Gasteiger partial charge in [-0.25, -0.2) is 9.37 Å². The molecule has 12 nitrogen and oxygen atoms in total. The van der Waals surface area contributed by atoms with Gasteiger partial charge in [-0.3, -0.25) is 24.4 Å². The number of piperidine rings is 2. The molecular formula is C50H64FN9O3. The highest BCUT2D eigenvalue weighted by molar-refractivity contribution is 5.94. The molecule has 0 aliphatic carbocycles. The third kappa shape index (κ3) is 11.3. The number of pyridine rings is 2. The maximum absolute atomic E-state index is 15.3. The molecule has 0 radical (unpaired) electrons. The maximum atomic E-state index is 15.3. The molecule has 3 aliphatic rings. The average Bonchev–Trinajstić information content (AvgIpc) is 3.31. The Bertz CT molecular complexity index is 2210. The third-order valence-corrected chi connectivity index (χ3v) is 13.6. The molecule has 3 aliphatic heterocycles. The van der Waals surface area contributed by atoms with Crippen molar-refractivity contribution in [2.45, 2.75) is 77.3 Å². The third-order valence-electron chi connectivity index (χ3n) is 13.6.